The predicted molar refractivity (Wildman–Crippen MR) is 133 cm³/mol. The molecule has 0 aliphatic rings. The van der Waals surface area contributed by atoms with Crippen molar-refractivity contribution >= 4 is 0 Å². The van der Waals surface area contributed by atoms with Crippen LogP contribution in [-0.4, -0.2) is 0 Å². The van der Waals surface area contributed by atoms with Gasteiger partial charge in [-0.3, -0.25) is 0 Å². The molecule has 0 aromatic heterocycles. The van der Waals surface area contributed by atoms with Crippen molar-refractivity contribution in [1.82, 2.24) is 0 Å². The van der Waals surface area contributed by atoms with Gasteiger partial charge >= 0.3 is 0 Å². The molecule has 0 fully saturated rings. The number of hydrogen-bond donors (Lipinski definition) is 0. The first-order valence-corrected chi connectivity index (χ1v) is 11.6. The zero-order valence-electron chi connectivity index (χ0n) is 18.3. The van der Waals surface area contributed by atoms with Crippen molar-refractivity contribution in [3.8, 4) is 0 Å². The molecule has 0 aliphatic carbocycles. The molecule has 4 aromatic rings. The third-order valence-corrected chi connectivity index (χ3v) is 5.94. The molecule has 0 N–H and O–H groups in total. The molecule has 0 unspecified atom stereocenters. The van der Waals surface area contributed by atoms with E-state index in [1.165, 1.54) is 46.2 Å². The molecule has 4 rings (SSSR count). The van der Waals surface area contributed by atoms with Gasteiger partial charge in [-0.25, -0.2) is 0 Å². The summed E-state index contributed by atoms with van der Waals surface area (Å²) in [6, 6.07) is 39.9. The van der Waals surface area contributed by atoms with E-state index < -0.39 is 0 Å². The number of rotatable bonds is 10. The van der Waals surface area contributed by atoms with Crippen molar-refractivity contribution in [3.63, 3.8) is 0 Å². The van der Waals surface area contributed by atoms with E-state index in [0.29, 0.717) is 0 Å². The zero-order chi connectivity index (χ0) is 21.1. The van der Waals surface area contributed by atoms with Crippen LogP contribution in [0.1, 0.15) is 46.2 Å². The van der Waals surface area contributed by atoms with Crippen molar-refractivity contribution < 1.29 is 0 Å². The summed E-state index contributed by atoms with van der Waals surface area (Å²) in [5.41, 5.74) is 8.60. The van der Waals surface area contributed by atoms with E-state index >= 15 is 0 Å². The van der Waals surface area contributed by atoms with Gasteiger partial charge in [0.05, 0.1) is 0 Å². The van der Waals surface area contributed by atoms with Crippen LogP contribution < -0.4 is 0 Å². The summed E-state index contributed by atoms with van der Waals surface area (Å²) in [6.07, 6.45) is 7.99. The molecule has 0 heteroatoms. The molecule has 4 aromatic carbocycles. The highest BCUT2D eigenvalue weighted by Gasteiger charge is 2.02. The molecule has 0 saturated carbocycles. The van der Waals surface area contributed by atoms with E-state index in [1.54, 1.807) is 0 Å². The Morgan fingerprint density at radius 3 is 1.13 bits per heavy atom. The van der Waals surface area contributed by atoms with Crippen molar-refractivity contribution in [1.29, 1.82) is 0 Å². The van der Waals surface area contributed by atoms with Crippen LogP contribution in [0.15, 0.2) is 109 Å². The highest BCUT2D eigenvalue weighted by molar-refractivity contribution is 5.32. The van der Waals surface area contributed by atoms with Gasteiger partial charge in [0.1, 0.15) is 0 Å². The molecule has 0 heterocycles. The smallest absolute Gasteiger partial charge is 0.00256 e. The molecule has 31 heavy (non-hydrogen) atoms. The van der Waals surface area contributed by atoms with Crippen LogP contribution in [0.2, 0.25) is 0 Å². The van der Waals surface area contributed by atoms with Gasteiger partial charge in [-0.15, -0.1) is 0 Å². The minimum Gasteiger partial charge on any atom is -0.0622 e. The first kappa shape index (κ1) is 21.1. The highest BCUT2D eigenvalue weighted by Crippen LogP contribution is 2.16. The fraction of sp³-hybridized carbons (Fsp3) is 0.226. The predicted octanol–water partition coefficient (Wildman–Crippen LogP) is 7.63. The van der Waals surface area contributed by atoms with Gasteiger partial charge in [0.25, 0.3) is 0 Å². The molecule has 0 saturated heterocycles. The van der Waals surface area contributed by atoms with Crippen LogP contribution in [0.25, 0.3) is 0 Å². The van der Waals surface area contributed by atoms with E-state index in [0.717, 1.165) is 32.1 Å². The Bertz CT molecular complexity index is 960. The molecule has 0 bridgehead atoms. The van der Waals surface area contributed by atoms with Crippen LogP contribution in [0.5, 0.6) is 0 Å². The number of benzene rings is 4. The van der Waals surface area contributed by atoms with Crippen LogP contribution in [0, 0.1) is 0 Å². The van der Waals surface area contributed by atoms with Gasteiger partial charge in [-0.2, -0.15) is 0 Å². The summed E-state index contributed by atoms with van der Waals surface area (Å²) in [5, 5.41) is 0. The zero-order valence-corrected chi connectivity index (χ0v) is 18.3. The van der Waals surface area contributed by atoms with Crippen LogP contribution >= 0.6 is 0 Å². The lowest BCUT2D eigenvalue weighted by Gasteiger charge is -2.08. The maximum Gasteiger partial charge on any atom is -0.00256 e. The number of hydrogen-bond acceptors (Lipinski definition) is 0. The molecule has 0 aliphatic heterocycles. The normalized spacial score (nSPS) is 10.8. The van der Waals surface area contributed by atoms with E-state index in [1.807, 2.05) is 0 Å². The fourth-order valence-corrected chi connectivity index (χ4v) is 4.31. The van der Waals surface area contributed by atoms with Gasteiger partial charge in [0.15, 0.2) is 0 Å². The number of aryl methyl sites for hydroxylation is 4. The Morgan fingerprint density at radius 1 is 0.323 bits per heavy atom. The minimum absolute atomic E-state index is 1.01. The van der Waals surface area contributed by atoms with Gasteiger partial charge in [0.2, 0.25) is 0 Å². The Labute approximate surface area is 187 Å². The molecule has 0 atom stereocenters. The van der Waals surface area contributed by atoms with E-state index in [9.17, 15) is 0 Å². The largest absolute Gasteiger partial charge is 0.0622 e. The Morgan fingerprint density at radius 2 is 0.677 bits per heavy atom. The topological polar surface area (TPSA) is 0 Å². The lowest BCUT2D eigenvalue weighted by Crippen LogP contribution is -1.95. The third-order valence-electron chi connectivity index (χ3n) is 5.94. The summed E-state index contributed by atoms with van der Waals surface area (Å²) in [7, 11) is 0. The lowest BCUT2D eigenvalue weighted by atomic mass is 9.97. The fourth-order valence-electron chi connectivity index (χ4n) is 4.31. The van der Waals surface area contributed by atoms with Crippen LogP contribution in [0.4, 0.5) is 0 Å². The molecule has 0 spiro atoms. The van der Waals surface area contributed by atoms with Crippen molar-refractivity contribution in [2.75, 3.05) is 0 Å². The maximum atomic E-state index is 2.40. The molecule has 0 amide bonds. The third kappa shape index (κ3) is 6.96. The Balaban J connectivity index is 1.29. The monoisotopic (exact) mass is 404 g/mol. The molecular weight excluding hydrogens is 372 g/mol. The minimum atomic E-state index is 1.01. The Kier molecular flexibility index (Phi) is 7.71. The summed E-state index contributed by atoms with van der Waals surface area (Å²) in [6.45, 7) is 0. The summed E-state index contributed by atoms with van der Waals surface area (Å²) in [5.74, 6) is 0. The quantitative estimate of drug-likeness (QED) is 0.255. The molecule has 0 radical (unpaired) electrons. The van der Waals surface area contributed by atoms with Gasteiger partial charge in [0, 0.05) is 0 Å². The second-order valence-corrected chi connectivity index (χ2v) is 8.49. The van der Waals surface area contributed by atoms with Crippen molar-refractivity contribution in [2.45, 2.75) is 44.9 Å². The maximum absolute atomic E-state index is 2.40. The highest BCUT2D eigenvalue weighted by atomic mass is 14.1. The average Bonchev–Trinajstić information content (AvgIpc) is 2.81. The second-order valence-electron chi connectivity index (χ2n) is 8.49. The summed E-state index contributed by atoms with van der Waals surface area (Å²) in [4.78, 5) is 0. The van der Waals surface area contributed by atoms with Crippen molar-refractivity contribution in [3.05, 3.63) is 143 Å². The standard InChI is InChI=1S/C31H32/c1-3-11-26(12-4-1)15-7-17-28-19-9-21-30(23-28)25-31-22-10-20-29(24-31)18-8-16-27-13-5-2-6-14-27/h1-6,9-14,19-24H,7-8,15-18,25H2. The Hall–Kier alpha value is -3.12. The van der Waals surface area contributed by atoms with Gasteiger partial charge in [-0.05, 0) is 78.3 Å². The van der Waals surface area contributed by atoms with Crippen LogP contribution in [0.3, 0.4) is 0 Å². The SMILES string of the molecule is c1ccc(CCCc2cccc(Cc3cccc(CCCc4ccccc4)c3)c2)cc1. The second kappa shape index (κ2) is 11.3. The summed E-state index contributed by atoms with van der Waals surface area (Å²) >= 11 is 0. The van der Waals surface area contributed by atoms with Gasteiger partial charge < -0.3 is 0 Å². The molecular formula is C31H32. The van der Waals surface area contributed by atoms with Crippen molar-refractivity contribution in [2.24, 2.45) is 0 Å². The first-order chi connectivity index (χ1) is 15.3. The van der Waals surface area contributed by atoms with Gasteiger partial charge in [-0.1, -0.05) is 109 Å². The first-order valence-electron chi connectivity index (χ1n) is 11.6. The average molecular weight is 405 g/mol. The van der Waals surface area contributed by atoms with E-state index in [-0.39, 0.29) is 0 Å². The molecule has 0 nitrogen and oxygen atoms in total. The summed E-state index contributed by atoms with van der Waals surface area (Å²) < 4.78 is 0. The van der Waals surface area contributed by atoms with E-state index in [2.05, 4.69) is 109 Å². The lowest BCUT2D eigenvalue weighted by molar-refractivity contribution is 0.818. The van der Waals surface area contributed by atoms with Crippen LogP contribution in [-0.2, 0) is 32.1 Å². The van der Waals surface area contributed by atoms with E-state index in [4.69, 9.17) is 0 Å². The molecule has 156 valence electrons.